The number of aliphatic hydroxyl groups excluding tert-OH is 1. The van der Waals surface area contributed by atoms with Gasteiger partial charge >= 0.3 is 6.03 Å². The number of aliphatic hydroxyl groups is 1. The Kier molecular flexibility index (Phi) is 9.06. The molecule has 5 saturated carbocycles. The van der Waals surface area contributed by atoms with E-state index in [-0.39, 0.29) is 36.3 Å². The van der Waals surface area contributed by atoms with Gasteiger partial charge in [-0.3, -0.25) is 4.90 Å². The number of carbonyl (C=O) groups is 1. The van der Waals surface area contributed by atoms with Gasteiger partial charge in [-0.2, -0.15) is 0 Å². The molecule has 7 heteroatoms. The number of benzene rings is 2. The van der Waals surface area contributed by atoms with Crippen molar-refractivity contribution in [3.63, 3.8) is 0 Å². The highest BCUT2D eigenvalue weighted by molar-refractivity contribution is 5.90. The minimum Gasteiger partial charge on any atom is -0.392 e. The molecule has 4 bridgehead atoms. The van der Waals surface area contributed by atoms with Crippen molar-refractivity contribution in [2.24, 2.45) is 23.7 Å². The predicted molar refractivity (Wildman–Crippen MR) is 176 cm³/mol. The van der Waals surface area contributed by atoms with Crippen molar-refractivity contribution in [2.45, 2.75) is 108 Å². The van der Waals surface area contributed by atoms with Gasteiger partial charge in [-0.05, 0) is 92.4 Å². The van der Waals surface area contributed by atoms with E-state index >= 15 is 0 Å². The van der Waals surface area contributed by atoms with E-state index < -0.39 is 6.29 Å². The second-order valence-corrected chi connectivity index (χ2v) is 14.9. The summed E-state index contributed by atoms with van der Waals surface area (Å²) in [5, 5.41) is 16.2. The molecule has 6 fully saturated rings. The standard InChI is InChI=1S/C38H51N3O4/c1-3-15-41(33-9-4-5-10-33)23-34-25(2)35(30-13-11-26(24-42)12-14-30)45-36(44-34)31-7-6-8-32(19-31)39-37(43)40-38-20-27-16-28(21-38)18-29(17-27)22-38/h3,6-8,11-14,19,25,27-29,33-36,42H,1,4-5,9-10,15-18,20-24H2,2H3,(H2,39,40,43). The Bertz CT molecular complexity index is 1300. The first-order valence-electron chi connectivity index (χ1n) is 17.4. The summed E-state index contributed by atoms with van der Waals surface area (Å²) in [4.78, 5) is 15.9. The maximum Gasteiger partial charge on any atom is 0.319 e. The lowest BCUT2D eigenvalue weighted by atomic mass is 9.53. The quantitative estimate of drug-likeness (QED) is 0.242. The fourth-order valence-electron chi connectivity index (χ4n) is 9.80. The van der Waals surface area contributed by atoms with Gasteiger partial charge in [0, 0.05) is 41.8 Å². The summed E-state index contributed by atoms with van der Waals surface area (Å²) < 4.78 is 13.5. The SMILES string of the molecule is C=CCN(CC1OC(c2cccc(NC(=O)NC34CC5CC(CC(C5)C3)C4)c2)OC(c2ccc(CO)cc2)C1C)C1CCCC1. The highest BCUT2D eigenvalue weighted by Crippen LogP contribution is 2.55. The highest BCUT2D eigenvalue weighted by Gasteiger charge is 2.51. The largest absolute Gasteiger partial charge is 0.392 e. The molecule has 0 spiro atoms. The number of hydrogen-bond donors (Lipinski definition) is 3. The van der Waals surface area contributed by atoms with E-state index in [0.29, 0.717) is 6.04 Å². The Morgan fingerprint density at radius 2 is 1.69 bits per heavy atom. The van der Waals surface area contributed by atoms with Crippen molar-refractivity contribution < 1.29 is 19.4 Å². The van der Waals surface area contributed by atoms with Crippen LogP contribution < -0.4 is 10.6 Å². The second kappa shape index (κ2) is 13.2. The summed E-state index contributed by atoms with van der Waals surface area (Å²) in [5.74, 6) is 2.45. The molecule has 1 heterocycles. The molecule has 7 nitrogen and oxygen atoms in total. The summed E-state index contributed by atoms with van der Waals surface area (Å²) in [5.41, 5.74) is 3.58. The van der Waals surface area contributed by atoms with Crippen molar-refractivity contribution in [1.82, 2.24) is 10.2 Å². The van der Waals surface area contributed by atoms with E-state index in [2.05, 4.69) is 41.2 Å². The van der Waals surface area contributed by atoms with E-state index in [4.69, 9.17) is 9.47 Å². The number of nitrogens with zero attached hydrogens (tertiary/aromatic N) is 1. The van der Waals surface area contributed by atoms with E-state index in [1.807, 2.05) is 42.5 Å². The molecule has 2 aromatic rings. The van der Waals surface area contributed by atoms with Gasteiger partial charge in [-0.25, -0.2) is 4.79 Å². The maximum absolute atomic E-state index is 13.4. The Morgan fingerprint density at radius 1 is 1.00 bits per heavy atom. The number of nitrogens with one attached hydrogen (secondary N) is 2. The first-order valence-corrected chi connectivity index (χ1v) is 17.4. The van der Waals surface area contributed by atoms with Crippen LogP contribution in [0, 0.1) is 23.7 Å². The van der Waals surface area contributed by atoms with Gasteiger partial charge < -0.3 is 25.2 Å². The molecule has 8 rings (SSSR count). The van der Waals surface area contributed by atoms with Crippen LogP contribution in [0.1, 0.15) is 100 Å². The minimum absolute atomic E-state index is 0.0177. The molecule has 4 unspecified atom stereocenters. The summed E-state index contributed by atoms with van der Waals surface area (Å²) in [6, 6.07) is 16.5. The lowest BCUT2D eigenvalue weighted by Gasteiger charge is -2.56. The molecular weight excluding hydrogens is 562 g/mol. The third kappa shape index (κ3) is 6.73. The van der Waals surface area contributed by atoms with Crippen LogP contribution in [0.15, 0.2) is 61.2 Å². The number of urea groups is 1. The van der Waals surface area contributed by atoms with E-state index in [0.717, 1.165) is 72.5 Å². The molecule has 1 aliphatic heterocycles. The first kappa shape index (κ1) is 30.9. The zero-order valence-electron chi connectivity index (χ0n) is 26.8. The smallest absolute Gasteiger partial charge is 0.319 e. The molecule has 242 valence electrons. The van der Waals surface area contributed by atoms with Crippen molar-refractivity contribution in [1.29, 1.82) is 0 Å². The van der Waals surface area contributed by atoms with Crippen molar-refractivity contribution in [2.75, 3.05) is 18.4 Å². The van der Waals surface area contributed by atoms with Crippen LogP contribution >= 0.6 is 0 Å². The van der Waals surface area contributed by atoms with Gasteiger partial charge in [0.15, 0.2) is 6.29 Å². The number of amides is 2. The highest BCUT2D eigenvalue weighted by atomic mass is 16.7. The molecule has 0 radical (unpaired) electrons. The molecule has 3 N–H and O–H groups in total. The van der Waals surface area contributed by atoms with Crippen molar-refractivity contribution in [3.05, 3.63) is 77.9 Å². The molecule has 6 aliphatic rings. The van der Waals surface area contributed by atoms with Gasteiger partial charge in [0.25, 0.3) is 0 Å². The van der Waals surface area contributed by atoms with Crippen LogP contribution in [0.25, 0.3) is 0 Å². The van der Waals surface area contributed by atoms with Crippen molar-refractivity contribution in [3.8, 4) is 0 Å². The van der Waals surface area contributed by atoms with E-state index in [1.165, 1.54) is 44.9 Å². The van der Waals surface area contributed by atoms with Gasteiger partial charge in [0.05, 0.1) is 18.8 Å². The van der Waals surface area contributed by atoms with Crippen LogP contribution in [-0.2, 0) is 16.1 Å². The Balaban J connectivity index is 1.09. The average molecular weight is 614 g/mol. The summed E-state index contributed by atoms with van der Waals surface area (Å²) in [6.45, 7) is 7.95. The predicted octanol–water partition coefficient (Wildman–Crippen LogP) is 7.49. The molecule has 2 aromatic carbocycles. The lowest BCUT2D eigenvalue weighted by molar-refractivity contribution is -0.276. The number of rotatable bonds is 10. The Morgan fingerprint density at radius 3 is 2.33 bits per heavy atom. The van der Waals surface area contributed by atoms with E-state index in [9.17, 15) is 9.90 Å². The van der Waals surface area contributed by atoms with Gasteiger partial charge in [-0.1, -0.05) is 62.2 Å². The lowest BCUT2D eigenvalue weighted by Crippen LogP contribution is -2.60. The van der Waals surface area contributed by atoms with Crippen LogP contribution in [0.4, 0.5) is 10.5 Å². The van der Waals surface area contributed by atoms with Crippen LogP contribution in [-0.4, -0.2) is 46.8 Å². The van der Waals surface area contributed by atoms with Gasteiger partial charge in [-0.15, -0.1) is 6.58 Å². The number of anilines is 1. The number of ether oxygens (including phenoxy) is 2. The molecule has 5 aliphatic carbocycles. The molecule has 0 aromatic heterocycles. The number of carbonyl (C=O) groups excluding carboxylic acids is 1. The van der Waals surface area contributed by atoms with Gasteiger partial charge in [0.2, 0.25) is 0 Å². The fourth-order valence-corrected chi connectivity index (χ4v) is 9.80. The average Bonchev–Trinajstić information content (AvgIpc) is 3.56. The zero-order chi connectivity index (χ0) is 31.0. The monoisotopic (exact) mass is 613 g/mol. The third-order valence-corrected chi connectivity index (χ3v) is 11.6. The fraction of sp³-hybridized carbons (Fsp3) is 0.605. The molecule has 1 saturated heterocycles. The first-order chi connectivity index (χ1) is 21.9. The summed E-state index contributed by atoms with van der Waals surface area (Å²) in [6.07, 6.45) is 13.6. The van der Waals surface area contributed by atoms with E-state index in [1.54, 1.807) is 0 Å². The maximum atomic E-state index is 13.4. The minimum atomic E-state index is -0.573. The van der Waals surface area contributed by atoms with Crippen LogP contribution in [0.2, 0.25) is 0 Å². The Hall–Kier alpha value is -2.71. The third-order valence-electron chi connectivity index (χ3n) is 11.6. The molecule has 2 amide bonds. The van der Waals surface area contributed by atoms with Gasteiger partial charge in [0.1, 0.15) is 0 Å². The zero-order valence-corrected chi connectivity index (χ0v) is 26.8. The molecular formula is C38H51N3O4. The number of hydrogen-bond acceptors (Lipinski definition) is 5. The second-order valence-electron chi connectivity index (χ2n) is 14.9. The molecule has 45 heavy (non-hydrogen) atoms. The van der Waals surface area contributed by atoms with Crippen LogP contribution in [0.3, 0.4) is 0 Å². The Labute approximate surface area is 268 Å². The van der Waals surface area contributed by atoms with Crippen molar-refractivity contribution >= 4 is 11.7 Å². The normalized spacial score (nSPS) is 34.2. The van der Waals surface area contributed by atoms with Crippen LogP contribution in [0.5, 0.6) is 0 Å². The molecule has 4 atom stereocenters. The topological polar surface area (TPSA) is 83.1 Å². The summed E-state index contributed by atoms with van der Waals surface area (Å²) >= 11 is 0. The summed E-state index contributed by atoms with van der Waals surface area (Å²) in [7, 11) is 0.